The van der Waals surface area contributed by atoms with Gasteiger partial charge in [-0.2, -0.15) is 0 Å². The highest BCUT2D eigenvalue weighted by molar-refractivity contribution is 7.14. The normalized spacial score (nSPS) is 10.6. The van der Waals surface area contributed by atoms with Gasteiger partial charge in [0.25, 0.3) is 0 Å². The molecule has 0 atom stereocenters. The van der Waals surface area contributed by atoms with E-state index in [0.29, 0.717) is 4.88 Å². The molecule has 0 unspecified atom stereocenters. The second-order valence-corrected chi connectivity index (χ2v) is 8.19. The number of Topliss-reactive ketones (excluding diaryl/α,β-unsaturated/α-hetero) is 1. The SMILES string of the molecule is Cc1cc(C)c(NC(=O)CN(C)C(=O)CCC(=O)c2ccc(C)s2)c(C)c1. The highest BCUT2D eigenvalue weighted by Gasteiger charge is 2.17. The summed E-state index contributed by atoms with van der Waals surface area (Å²) in [6, 6.07) is 7.70. The predicted molar refractivity (Wildman–Crippen MR) is 110 cm³/mol. The lowest BCUT2D eigenvalue weighted by Gasteiger charge is -2.18. The van der Waals surface area contributed by atoms with Gasteiger partial charge in [-0.1, -0.05) is 17.7 Å². The molecule has 1 heterocycles. The van der Waals surface area contributed by atoms with Gasteiger partial charge in [0.05, 0.1) is 11.4 Å². The molecule has 0 spiro atoms. The molecule has 0 aliphatic rings. The number of ketones is 1. The summed E-state index contributed by atoms with van der Waals surface area (Å²) < 4.78 is 0. The number of nitrogens with zero attached hydrogens (tertiary/aromatic N) is 1. The summed E-state index contributed by atoms with van der Waals surface area (Å²) in [5.74, 6) is -0.504. The molecule has 1 aromatic carbocycles. The zero-order chi connectivity index (χ0) is 20.1. The van der Waals surface area contributed by atoms with Crippen LogP contribution in [0.4, 0.5) is 5.69 Å². The van der Waals surface area contributed by atoms with Crippen LogP contribution in [0.5, 0.6) is 0 Å². The van der Waals surface area contributed by atoms with E-state index in [0.717, 1.165) is 27.3 Å². The van der Waals surface area contributed by atoms with E-state index >= 15 is 0 Å². The lowest BCUT2D eigenvalue weighted by atomic mass is 10.1. The summed E-state index contributed by atoms with van der Waals surface area (Å²) in [4.78, 5) is 39.8. The van der Waals surface area contributed by atoms with Crippen molar-refractivity contribution in [1.29, 1.82) is 0 Å². The lowest BCUT2D eigenvalue weighted by molar-refractivity contribution is -0.133. The minimum absolute atomic E-state index is 0.0368. The van der Waals surface area contributed by atoms with Crippen LogP contribution >= 0.6 is 11.3 Å². The summed E-state index contributed by atoms with van der Waals surface area (Å²) in [5.41, 5.74) is 3.91. The Bertz CT molecular complexity index is 847. The summed E-state index contributed by atoms with van der Waals surface area (Å²) in [6.45, 7) is 7.80. The van der Waals surface area contributed by atoms with Gasteiger partial charge in [0.15, 0.2) is 5.78 Å². The maximum Gasteiger partial charge on any atom is 0.243 e. The largest absolute Gasteiger partial charge is 0.336 e. The average Bonchev–Trinajstić information content (AvgIpc) is 3.02. The number of anilines is 1. The van der Waals surface area contributed by atoms with Crippen LogP contribution in [0.3, 0.4) is 0 Å². The Balaban J connectivity index is 1.86. The maximum atomic E-state index is 12.3. The molecule has 2 rings (SSSR count). The van der Waals surface area contributed by atoms with Gasteiger partial charge in [-0.3, -0.25) is 14.4 Å². The van der Waals surface area contributed by atoms with Gasteiger partial charge in [-0.15, -0.1) is 11.3 Å². The van der Waals surface area contributed by atoms with Crippen molar-refractivity contribution in [2.45, 2.75) is 40.5 Å². The predicted octanol–water partition coefficient (Wildman–Crippen LogP) is 4.04. The first-order valence-corrected chi connectivity index (χ1v) is 9.70. The lowest BCUT2D eigenvalue weighted by Crippen LogP contribution is -2.35. The zero-order valence-electron chi connectivity index (χ0n) is 16.5. The standard InChI is InChI=1S/C21H26N2O3S/c1-13-10-14(2)21(15(3)11-13)22-19(25)12-23(5)20(26)9-7-17(24)18-8-6-16(4)27-18/h6,8,10-11H,7,9,12H2,1-5H3,(H,22,25). The molecule has 144 valence electrons. The molecule has 27 heavy (non-hydrogen) atoms. The Morgan fingerprint density at radius 1 is 1.00 bits per heavy atom. The number of benzene rings is 1. The number of aryl methyl sites for hydroxylation is 4. The van der Waals surface area contributed by atoms with Crippen LogP contribution in [0, 0.1) is 27.7 Å². The molecule has 0 saturated carbocycles. The maximum absolute atomic E-state index is 12.3. The molecular formula is C21H26N2O3S. The molecule has 0 saturated heterocycles. The Labute approximate surface area is 164 Å². The fourth-order valence-corrected chi connectivity index (χ4v) is 3.81. The van der Waals surface area contributed by atoms with Gasteiger partial charge in [0.1, 0.15) is 0 Å². The topological polar surface area (TPSA) is 66.5 Å². The average molecular weight is 387 g/mol. The molecule has 0 bridgehead atoms. The molecule has 0 aliphatic carbocycles. The van der Waals surface area contributed by atoms with Crippen molar-refractivity contribution < 1.29 is 14.4 Å². The number of thiophene rings is 1. The first-order valence-electron chi connectivity index (χ1n) is 8.88. The fraction of sp³-hybridized carbons (Fsp3) is 0.381. The first-order chi connectivity index (χ1) is 12.7. The quantitative estimate of drug-likeness (QED) is 0.730. The van der Waals surface area contributed by atoms with Crippen molar-refractivity contribution in [3.05, 3.63) is 50.7 Å². The smallest absolute Gasteiger partial charge is 0.243 e. The number of amides is 2. The van der Waals surface area contributed by atoms with E-state index in [-0.39, 0.29) is 37.0 Å². The number of nitrogens with one attached hydrogen (secondary N) is 1. The third-order valence-electron chi connectivity index (χ3n) is 4.33. The van der Waals surface area contributed by atoms with E-state index < -0.39 is 0 Å². The first kappa shape index (κ1) is 20.8. The molecule has 1 N–H and O–H groups in total. The van der Waals surface area contributed by atoms with Crippen molar-refractivity contribution in [3.63, 3.8) is 0 Å². The van der Waals surface area contributed by atoms with Crippen molar-refractivity contribution in [3.8, 4) is 0 Å². The monoisotopic (exact) mass is 386 g/mol. The number of hydrogen-bond donors (Lipinski definition) is 1. The van der Waals surface area contributed by atoms with Gasteiger partial charge < -0.3 is 10.2 Å². The number of hydrogen-bond acceptors (Lipinski definition) is 4. The summed E-state index contributed by atoms with van der Waals surface area (Å²) >= 11 is 1.43. The Morgan fingerprint density at radius 3 is 2.19 bits per heavy atom. The van der Waals surface area contributed by atoms with Gasteiger partial charge in [-0.25, -0.2) is 0 Å². The highest BCUT2D eigenvalue weighted by Crippen LogP contribution is 2.22. The molecule has 0 fully saturated rings. The summed E-state index contributed by atoms with van der Waals surface area (Å²) in [5, 5.41) is 2.89. The van der Waals surface area contributed by atoms with Crippen molar-refractivity contribution in [2.24, 2.45) is 0 Å². The third kappa shape index (κ3) is 5.76. The van der Waals surface area contributed by atoms with Crippen LogP contribution in [0.15, 0.2) is 24.3 Å². The van der Waals surface area contributed by atoms with Crippen LogP contribution in [0.2, 0.25) is 0 Å². The highest BCUT2D eigenvalue weighted by atomic mass is 32.1. The molecule has 0 radical (unpaired) electrons. The third-order valence-corrected chi connectivity index (χ3v) is 5.37. The number of rotatable bonds is 7. The van der Waals surface area contributed by atoms with E-state index in [4.69, 9.17) is 0 Å². The van der Waals surface area contributed by atoms with Crippen molar-refractivity contribution >= 4 is 34.6 Å². The minimum Gasteiger partial charge on any atom is -0.336 e. The van der Waals surface area contributed by atoms with E-state index in [1.807, 2.05) is 45.9 Å². The molecule has 2 amide bonds. The van der Waals surface area contributed by atoms with E-state index in [2.05, 4.69) is 5.32 Å². The van der Waals surface area contributed by atoms with Crippen LogP contribution < -0.4 is 5.32 Å². The van der Waals surface area contributed by atoms with Crippen LogP contribution in [0.25, 0.3) is 0 Å². The molecule has 2 aromatic rings. The minimum atomic E-state index is -0.249. The molecule has 1 aromatic heterocycles. The fourth-order valence-electron chi connectivity index (χ4n) is 2.98. The van der Waals surface area contributed by atoms with E-state index in [1.165, 1.54) is 16.2 Å². The van der Waals surface area contributed by atoms with Crippen LogP contribution in [0.1, 0.15) is 44.1 Å². The van der Waals surface area contributed by atoms with E-state index in [9.17, 15) is 14.4 Å². The Kier molecular flexibility index (Phi) is 6.91. The van der Waals surface area contributed by atoms with E-state index in [1.54, 1.807) is 13.1 Å². The molecule has 5 nitrogen and oxygen atoms in total. The second-order valence-electron chi connectivity index (χ2n) is 6.91. The Morgan fingerprint density at radius 2 is 1.63 bits per heavy atom. The number of carbonyl (C=O) groups excluding carboxylic acids is 3. The number of likely N-dealkylation sites (N-methyl/N-ethyl adjacent to an activating group) is 1. The number of carbonyl (C=O) groups is 3. The van der Waals surface area contributed by atoms with Crippen LogP contribution in [-0.4, -0.2) is 36.1 Å². The van der Waals surface area contributed by atoms with Gasteiger partial charge in [-0.05, 0) is 51.0 Å². The molecule has 0 aliphatic heterocycles. The second kappa shape index (κ2) is 8.95. The van der Waals surface area contributed by atoms with Gasteiger partial charge >= 0.3 is 0 Å². The summed E-state index contributed by atoms with van der Waals surface area (Å²) in [7, 11) is 1.58. The van der Waals surface area contributed by atoms with Crippen molar-refractivity contribution in [2.75, 3.05) is 18.9 Å². The van der Waals surface area contributed by atoms with Crippen LogP contribution in [-0.2, 0) is 9.59 Å². The van der Waals surface area contributed by atoms with Gasteiger partial charge in [0.2, 0.25) is 11.8 Å². The zero-order valence-corrected chi connectivity index (χ0v) is 17.3. The molecule has 6 heteroatoms. The van der Waals surface area contributed by atoms with Gasteiger partial charge in [0, 0.05) is 30.5 Å². The Hall–Kier alpha value is -2.47. The molecular weight excluding hydrogens is 360 g/mol. The summed E-state index contributed by atoms with van der Waals surface area (Å²) in [6.07, 6.45) is 0.253. The van der Waals surface area contributed by atoms with Crippen molar-refractivity contribution in [1.82, 2.24) is 4.90 Å².